The molecule has 0 saturated heterocycles. The van der Waals surface area contributed by atoms with Crippen molar-refractivity contribution in [2.24, 2.45) is 5.73 Å². The van der Waals surface area contributed by atoms with Crippen LogP contribution in [0.4, 0.5) is 5.69 Å². The Hall–Kier alpha value is -2.08. The van der Waals surface area contributed by atoms with E-state index < -0.39 is 0 Å². The SMILES string of the molecule is NC(=O)CCn1c(CO)nc2cc(N)ccc21. The van der Waals surface area contributed by atoms with Gasteiger partial charge in [0.1, 0.15) is 12.4 Å². The number of nitrogens with zero attached hydrogens (tertiary/aromatic N) is 2. The largest absolute Gasteiger partial charge is 0.399 e. The number of aryl methyl sites for hydroxylation is 1. The first-order chi connectivity index (χ1) is 8.11. The van der Waals surface area contributed by atoms with E-state index in [1.807, 2.05) is 6.07 Å². The zero-order chi connectivity index (χ0) is 12.4. The molecule has 0 spiro atoms. The minimum absolute atomic E-state index is 0.187. The van der Waals surface area contributed by atoms with Crippen LogP contribution in [0.15, 0.2) is 18.2 Å². The lowest BCUT2D eigenvalue weighted by Crippen LogP contribution is -2.15. The summed E-state index contributed by atoms with van der Waals surface area (Å²) in [7, 11) is 0. The summed E-state index contributed by atoms with van der Waals surface area (Å²) in [5.41, 5.74) is 12.9. The fourth-order valence-corrected chi connectivity index (χ4v) is 1.79. The number of amides is 1. The molecule has 1 aromatic carbocycles. The number of carbonyl (C=O) groups is 1. The van der Waals surface area contributed by atoms with Crippen molar-refractivity contribution in [2.45, 2.75) is 19.6 Å². The average Bonchev–Trinajstić information content (AvgIpc) is 2.63. The lowest BCUT2D eigenvalue weighted by molar-refractivity contribution is -0.118. The second-order valence-corrected chi connectivity index (χ2v) is 3.80. The van der Waals surface area contributed by atoms with Gasteiger partial charge in [0, 0.05) is 18.7 Å². The van der Waals surface area contributed by atoms with Gasteiger partial charge in [-0.05, 0) is 18.2 Å². The van der Waals surface area contributed by atoms with Crippen LogP contribution >= 0.6 is 0 Å². The van der Waals surface area contributed by atoms with Crippen LogP contribution in [0.1, 0.15) is 12.2 Å². The zero-order valence-corrected chi connectivity index (χ0v) is 9.26. The van der Waals surface area contributed by atoms with E-state index in [4.69, 9.17) is 11.5 Å². The molecule has 0 fully saturated rings. The highest BCUT2D eigenvalue weighted by atomic mass is 16.3. The first-order valence-corrected chi connectivity index (χ1v) is 5.25. The van der Waals surface area contributed by atoms with Crippen molar-refractivity contribution < 1.29 is 9.90 Å². The van der Waals surface area contributed by atoms with Crippen LogP contribution in [0.5, 0.6) is 0 Å². The molecule has 0 aliphatic rings. The average molecular weight is 234 g/mol. The van der Waals surface area contributed by atoms with Crippen molar-refractivity contribution in [2.75, 3.05) is 5.73 Å². The predicted octanol–water partition coefficient (Wildman–Crippen LogP) is -0.0138. The van der Waals surface area contributed by atoms with Gasteiger partial charge in [-0.3, -0.25) is 4.79 Å². The smallest absolute Gasteiger partial charge is 0.219 e. The Morgan fingerprint density at radius 2 is 2.24 bits per heavy atom. The summed E-state index contributed by atoms with van der Waals surface area (Å²) in [6, 6.07) is 5.30. The van der Waals surface area contributed by atoms with E-state index in [0.717, 1.165) is 5.52 Å². The quantitative estimate of drug-likeness (QED) is 0.646. The van der Waals surface area contributed by atoms with Crippen molar-refractivity contribution in [3.05, 3.63) is 24.0 Å². The van der Waals surface area contributed by atoms with Crippen molar-refractivity contribution >= 4 is 22.6 Å². The van der Waals surface area contributed by atoms with Gasteiger partial charge in [0.2, 0.25) is 5.91 Å². The molecule has 0 radical (unpaired) electrons. The Kier molecular flexibility index (Phi) is 2.97. The molecule has 1 amide bonds. The monoisotopic (exact) mass is 234 g/mol. The maximum absolute atomic E-state index is 10.8. The number of nitrogen functional groups attached to an aromatic ring is 1. The molecule has 5 N–H and O–H groups in total. The van der Waals surface area contributed by atoms with E-state index in [2.05, 4.69) is 4.98 Å². The fourth-order valence-electron chi connectivity index (χ4n) is 1.79. The van der Waals surface area contributed by atoms with E-state index in [9.17, 15) is 9.90 Å². The van der Waals surface area contributed by atoms with Crippen LogP contribution in [0.2, 0.25) is 0 Å². The summed E-state index contributed by atoms with van der Waals surface area (Å²) in [4.78, 5) is 15.0. The topological polar surface area (TPSA) is 107 Å². The first kappa shape index (κ1) is 11.4. The number of hydrogen-bond donors (Lipinski definition) is 3. The number of rotatable bonds is 4. The highest BCUT2D eigenvalue weighted by Crippen LogP contribution is 2.19. The van der Waals surface area contributed by atoms with Crippen LogP contribution in [-0.4, -0.2) is 20.6 Å². The van der Waals surface area contributed by atoms with E-state index >= 15 is 0 Å². The molecule has 0 saturated carbocycles. The Morgan fingerprint density at radius 1 is 1.47 bits per heavy atom. The maximum atomic E-state index is 10.8. The molecular formula is C11H14N4O2. The van der Waals surface area contributed by atoms with Crippen LogP contribution in [0.3, 0.4) is 0 Å². The van der Waals surface area contributed by atoms with Gasteiger partial charge < -0.3 is 21.1 Å². The molecule has 0 unspecified atom stereocenters. The lowest BCUT2D eigenvalue weighted by atomic mass is 10.3. The van der Waals surface area contributed by atoms with Gasteiger partial charge in [0.25, 0.3) is 0 Å². The summed E-state index contributed by atoms with van der Waals surface area (Å²) in [6.07, 6.45) is 0.211. The summed E-state index contributed by atoms with van der Waals surface area (Å²) < 4.78 is 1.78. The van der Waals surface area contributed by atoms with Crippen molar-refractivity contribution in [1.82, 2.24) is 9.55 Å². The van der Waals surface area contributed by atoms with E-state index in [-0.39, 0.29) is 18.9 Å². The van der Waals surface area contributed by atoms with Crippen molar-refractivity contribution in [3.8, 4) is 0 Å². The molecule has 0 atom stereocenters. The summed E-state index contributed by atoms with van der Waals surface area (Å²) in [5, 5.41) is 9.22. The van der Waals surface area contributed by atoms with Crippen LogP contribution < -0.4 is 11.5 Å². The molecule has 0 aliphatic heterocycles. The Balaban J connectivity index is 2.47. The summed E-state index contributed by atoms with van der Waals surface area (Å²) in [6.45, 7) is 0.221. The zero-order valence-electron chi connectivity index (χ0n) is 9.26. The van der Waals surface area contributed by atoms with E-state index in [1.165, 1.54) is 0 Å². The normalized spacial score (nSPS) is 10.9. The number of hydrogen-bond acceptors (Lipinski definition) is 4. The van der Waals surface area contributed by atoms with Gasteiger partial charge in [0.15, 0.2) is 0 Å². The number of fused-ring (bicyclic) bond motifs is 1. The number of benzene rings is 1. The number of aliphatic hydroxyl groups is 1. The van der Waals surface area contributed by atoms with Gasteiger partial charge in [-0.15, -0.1) is 0 Å². The van der Waals surface area contributed by atoms with Gasteiger partial charge in [-0.1, -0.05) is 0 Å². The highest BCUT2D eigenvalue weighted by Gasteiger charge is 2.10. The number of carbonyl (C=O) groups excluding carboxylic acids is 1. The third kappa shape index (κ3) is 2.21. The van der Waals surface area contributed by atoms with Gasteiger partial charge >= 0.3 is 0 Å². The number of primary amides is 1. The van der Waals surface area contributed by atoms with Crippen molar-refractivity contribution in [1.29, 1.82) is 0 Å². The molecule has 90 valence electrons. The van der Waals surface area contributed by atoms with Gasteiger partial charge in [-0.2, -0.15) is 0 Å². The maximum Gasteiger partial charge on any atom is 0.219 e. The number of aromatic nitrogens is 2. The Morgan fingerprint density at radius 3 is 2.88 bits per heavy atom. The van der Waals surface area contributed by atoms with Crippen LogP contribution in [0.25, 0.3) is 11.0 Å². The Labute approximate surface area is 97.8 Å². The van der Waals surface area contributed by atoms with Gasteiger partial charge in [-0.25, -0.2) is 4.98 Å². The third-order valence-electron chi connectivity index (χ3n) is 2.57. The van der Waals surface area contributed by atoms with Crippen LogP contribution in [-0.2, 0) is 17.9 Å². The van der Waals surface area contributed by atoms with E-state index in [1.54, 1.807) is 16.7 Å². The predicted molar refractivity (Wildman–Crippen MR) is 63.9 cm³/mol. The van der Waals surface area contributed by atoms with Crippen molar-refractivity contribution in [3.63, 3.8) is 0 Å². The molecule has 2 rings (SSSR count). The molecule has 0 bridgehead atoms. The molecule has 2 aromatic rings. The number of imidazole rings is 1. The molecular weight excluding hydrogens is 220 g/mol. The third-order valence-corrected chi connectivity index (χ3v) is 2.57. The van der Waals surface area contributed by atoms with Crippen LogP contribution in [0, 0.1) is 0 Å². The second kappa shape index (κ2) is 4.42. The molecule has 17 heavy (non-hydrogen) atoms. The molecule has 1 heterocycles. The first-order valence-electron chi connectivity index (χ1n) is 5.25. The lowest BCUT2D eigenvalue weighted by Gasteiger charge is -2.05. The van der Waals surface area contributed by atoms with E-state index in [0.29, 0.717) is 23.6 Å². The molecule has 6 nitrogen and oxygen atoms in total. The minimum Gasteiger partial charge on any atom is -0.399 e. The highest BCUT2D eigenvalue weighted by molar-refractivity contribution is 5.80. The summed E-state index contributed by atoms with van der Waals surface area (Å²) >= 11 is 0. The minimum atomic E-state index is -0.383. The number of nitrogens with two attached hydrogens (primary N) is 2. The summed E-state index contributed by atoms with van der Waals surface area (Å²) in [5.74, 6) is 0.123. The number of aliphatic hydroxyl groups excluding tert-OH is 1. The molecule has 1 aromatic heterocycles. The molecule has 6 heteroatoms. The standard InChI is InChI=1S/C11H14N4O2/c12-7-1-2-9-8(5-7)14-11(6-16)15(9)4-3-10(13)17/h1-2,5,16H,3-4,6,12H2,(H2,13,17). The second-order valence-electron chi connectivity index (χ2n) is 3.80. The molecule has 0 aliphatic carbocycles. The Bertz CT molecular complexity index is 562. The number of anilines is 1. The van der Waals surface area contributed by atoms with Gasteiger partial charge in [0.05, 0.1) is 11.0 Å². The fraction of sp³-hybridized carbons (Fsp3) is 0.273.